The van der Waals surface area contributed by atoms with Gasteiger partial charge in [-0.15, -0.1) is 0 Å². The van der Waals surface area contributed by atoms with Crippen LogP contribution in [0.3, 0.4) is 0 Å². The van der Waals surface area contributed by atoms with Crippen molar-refractivity contribution in [2.24, 2.45) is 0 Å². The molecule has 0 aliphatic heterocycles. The summed E-state index contributed by atoms with van der Waals surface area (Å²) in [5, 5.41) is 0.643. The van der Waals surface area contributed by atoms with Crippen molar-refractivity contribution in [3.8, 4) is 11.3 Å². The first-order chi connectivity index (χ1) is 18.8. The summed E-state index contributed by atoms with van der Waals surface area (Å²) in [7, 11) is -3.75. The van der Waals surface area contributed by atoms with Crippen LogP contribution < -0.4 is 15.6 Å². The van der Waals surface area contributed by atoms with Gasteiger partial charge in [-0.2, -0.15) is 0 Å². The van der Waals surface area contributed by atoms with E-state index < -0.39 is 15.9 Å². The van der Waals surface area contributed by atoms with Crippen LogP contribution >= 0.6 is 0 Å². The molecule has 5 rings (SSSR count). The third-order valence-electron chi connectivity index (χ3n) is 5.96. The van der Waals surface area contributed by atoms with E-state index in [1.807, 2.05) is 12.1 Å². The average Bonchev–Trinajstić information content (AvgIpc) is 3.48. The van der Waals surface area contributed by atoms with E-state index in [1.54, 1.807) is 54.6 Å². The summed E-state index contributed by atoms with van der Waals surface area (Å²) in [6, 6.07) is 24.1. The van der Waals surface area contributed by atoms with Gasteiger partial charge in [0.15, 0.2) is 0 Å². The number of carbonyl (C=O) groups excluding carboxylic acids is 1. The maximum absolute atomic E-state index is 13.4. The quantitative estimate of drug-likeness (QED) is 0.226. The third kappa shape index (κ3) is 5.87. The van der Waals surface area contributed by atoms with E-state index in [-0.39, 0.29) is 17.3 Å². The lowest BCUT2D eigenvalue weighted by atomic mass is 10.0. The van der Waals surface area contributed by atoms with E-state index in [2.05, 4.69) is 27.1 Å². The Morgan fingerprint density at radius 1 is 0.923 bits per heavy atom. The van der Waals surface area contributed by atoms with Gasteiger partial charge in [-0.05, 0) is 66.2 Å². The van der Waals surface area contributed by atoms with Gasteiger partial charge in [-0.25, -0.2) is 22.5 Å². The SMILES string of the molecule is C=C(NNC(=O)c1cc(-c2ccc(F)cc2)nc2ccccc12)c1ccc(S(=O)(=O)NCc2ccco2)cc1. The first-order valence-corrected chi connectivity index (χ1v) is 13.3. The van der Waals surface area contributed by atoms with Crippen LogP contribution in [0.2, 0.25) is 0 Å². The van der Waals surface area contributed by atoms with Crippen LogP contribution in [0.15, 0.2) is 113 Å². The van der Waals surface area contributed by atoms with E-state index in [0.717, 1.165) is 0 Å². The zero-order valence-electron chi connectivity index (χ0n) is 20.5. The molecule has 2 heterocycles. The van der Waals surface area contributed by atoms with Gasteiger partial charge in [0.05, 0.1) is 40.2 Å². The second-order valence-corrected chi connectivity index (χ2v) is 10.3. The van der Waals surface area contributed by atoms with Gasteiger partial charge in [-0.3, -0.25) is 15.6 Å². The number of aromatic nitrogens is 1. The number of rotatable bonds is 9. The number of amides is 1. The number of fused-ring (bicyclic) bond motifs is 1. The molecule has 0 saturated carbocycles. The fourth-order valence-electron chi connectivity index (χ4n) is 3.90. The molecule has 5 aromatic rings. The minimum atomic E-state index is -3.75. The molecular formula is C29H23FN4O4S. The topological polar surface area (TPSA) is 113 Å². The number of benzene rings is 3. The molecule has 0 unspecified atom stereocenters. The number of sulfonamides is 1. The molecule has 39 heavy (non-hydrogen) atoms. The zero-order chi connectivity index (χ0) is 27.4. The Bertz CT molecular complexity index is 1750. The van der Waals surface area contributed by atoms with Crippen molar-refractivity contribution < 1.29 is 22.0 Å². The maximum Gasteiger partial charge on any atom is 0.270 e. The number of nitrogens with zero attached hydrogens (tertiary/aromatic N) is 1. The predicted molar refractivity (Wildman–Crippen MR) is 146 cm³/mol. The second-order valence-electron chi connectivity index (χ2n) is 8.57. The number of hydrazine groups is 1. The molecule has 0 bridgehead atoms. The Morgan fingerprint density at radius 2 is 1.67 bits per heavy atom. The van der Waals surface area contributed by atoms with Crippen LogP contribution in [0.4, 0.5) is 4.39 Å². The standard InChI is InChI=1S/C29H23FN4O4S/c1-19(20-10-14-24(15-11-20)39(36,37)31-18-23-5-4-16-38-23)33-34-29(35)26-17-28(21-8-12-22(30)13-9-21)32-27-7-3-2-6-25(26)27/h2-17,31,33H,1,18H2,(H,34,35). The van der Waals surface area contributed by atoms with Gasteiger partial charge in [0.2, 0.25) is 10.0 Å². The van der Waals surface area contributed by atoms with Crippen LogP contribution in [0.1, 0.15) is 21.7 Å². The number of halogens is 1. The molecule has 0 fully saturated rings. The van der Waals surface area contributed by atoms with Gasteiger partial charge in [0, 0.05) is 10.9 Å². The van der Waals surface area contributed by atoms with Crippen LogP contribution in [-0.2, 0) is 16.6 Å². The van der Waals surface area contributed by atoms with Gasteiger partial charge >= 0.3 is 0 Å². The lowest BCUT2D eigenvalue weighted by molar-refractivity contribution is 0.0944. The number of pyridine rings is 1. The Balaban J connectivity index is 1.29. The average molecular weight is 543 g/mol. The van der Waals surface area contributed by atoms with Crippen molar-refractivity contribution in [2.45, 2.75) is 11.4 Å². The highest BCUT2D eigenvalue weighted by molar-refractivity contribution is 7.89. The van der Waals surface area contributed by atoms with Crippen molar-refractivity contribution in [3.63, 3.8) is 0 Å². The van der Waals surface area contributed by atoms with E-state index in [4.69, 9.17) is 4.42 Å². The van der Waals surface area contributed by atoms with Crippen molar-refractivity contribution in [2.75, 3.05) is 0 Å². The summed E-state index contributed by atoms with van der Waals surface area (Å²) in [5.74, 6) is -0.300. The molecule has 3 aromatic carbocycles. The fraction of sp³-hybridized carbons (Fsp3) is 0.0345. The van der Waals surface area contributed by atoms with Crippen LogP contribution in [0.5, 0.6) is 0 Å². The van der Waals surface area contributed by atoms with E-state index in [0.29, 0.717) is 44.7 Å². The van der Waals surface area contributed by atoms with Gasteiger partial charge in [0.25, 0.3) is 5.91 Å². The number of hydrogen-bond donors (Lipinski definition) is 3. The van der Waals surface area contributed by atoms with E-state index >= 15 is 0 Å². The minimum Gasteiger partial charge on any atom is -0.468 e. The Labute approximate surface area is 224 Å². The number of para-hydroxylation sites is 1. The van der Waals surface area contributed by atoms with Crippen molar-refractivity contribution in [1.29, 1.82) is 0 Å². The highest BCUT2D eigenvalue weighted by Crippen LogP contribution is 2.25. The smallest absolute Gasteiger partial charge is 0.270 e. The molecule has 8 nitrogen and oxygen atoms in total. The van der Waals surface area contributed by atoms with Crippen molar-refractivity contribution >= 4 is 32.5 Å². The molecule has 1 amide bonds. The summed E-state index contributed by atoms with van der Waals surface area (Å²) in [6.07, 6.45) is 1.47. The number of furan rings is 1. The summed E-state index contributed by atoms with van der Waals surface area (Å²) < 4.78 is 46.2. The molecule has 10 heteroatoms. The highest BCUT2D eigenvalue weighted by atomic mass is 32.2. The molecule has 196 valence electrons. The summed E-state index contributed by atoms with van der Waals surface area (Å²) in [6.45, 7) is 3.97. The third-order valence-corrected chi connectivity index (χ3v) is 7.37. The molecule has 0 atom stereocenters. The lowest BCUT2D eigenvalue weighted by Gasteiger charge is -2.14. The van der Waals surface area contributed by atoms with Crippen LogP contribution in [0.25, 0.3) is 27.9 Å². The van der Waals surface area contributed by atoms with Gasteiger partial charge in [-0.1, -0.05) is 36.9 Å². The monoisotopic (exact) mass is 542 g/mol. The Hall–Kier alpha value is -4.80. The fourth-order valence-corrected chi connectivity index (χ4v) is 4.89. The Morgan fingerprint density at radius 3 is 2.38 bits per heavy atom. The number of nitrogens with one attached hydrogen (secondary N) is 3. The second kappa shape index (κ2) is 10.9. The molecule has 0 saturated heterocycles. The molecule has 0 aliphatic carbocycles. The molecule has 3 N–H and O–H groups in total. The van der Waals surface area contributed by atoms with Crippen molar-refractivity contribution in [1.82, 2.24) is 20.6 Å². The summed E-state index contributed by atoms with van der Waals surface area (Å²) in [5.41, 5.74) is 8.53. The number of hydrogen-bond acceptors (Lipinski definition) is 6. The van der Waals surface area contributed by atoms with E-state index in [9.17, 15) is 17.6 Å². The first-order valence-electron chi connectivity index (χ1n) is 11.8. The van der Waals surface area contributed by atoms with Gasteiger partial charge < -0.3 is 4.42 Å². The molecular weight excluding hydrogens is 519 g/mol. The lowest BCUT2D eigenvalue weighted by Crippen LogP contribution is -2.36. The molecule has 0 aliphatic rings. The molecule has 0 spiro atoms. The highest BCUT2D eigenvalue weighted by Gasteiger charge is 2.16. The molecule has 0 radical (unpaired) electrons. The van der Waals surface area contributed by atoms with Crippen LogP contribution in [-0.4, -0.2) is 19.3 Å². The predicted octanol–water partition coefficient (Wildman–Crippen LogP) is 5.02. The molecule has 2 aromatic heterocycles. The number of carbonyl (C=O) groups is 1. The minimum absolute atomic E-state index is 0.0317. The maximum atomic E-state index is 13.4. The Kier molecular flexibility index (Phi) is 7.22. The largest absolute Gasteiger partial charge is 0.468 e. The van der Waals surface area contributed by atoms with Crippen molar-refractivity contribution in [3.05, 3.63) is 127 Å². The summed E-state index contributed by atoms with van der Waals surface area (Å²) in [4.78, 5) is 17.9. The first kappa shape index (κ1) is 25.8. The van der Waals surface area contributed by atoms with E-state index in [1.165, 1.54) is 30.5 Å². The van der Waals surface area contributed by atoms with Crippen LogP contribution in [0, 0.1) is 5.82 Å². The van der Waals surface area contributed by atoms with Gasteiger partial charge in [0.1, 0.15) is 11.6 Å². The zero-order valence-corrected chi connectivity index (χ0v) is 21.3. The summed E-state index contributed by atoms with van der Waals surface area (Å²) >= 11 is 0. The normalized spacial score (nSPS) is 11.3.